The molecule has 0 unspecified atom stereocenters. The number of amides is 4. The third kappa shape index (κ3) is 3.57. The van der Waals surface area contributed by atoms with E-state index in [1.54, 1.807) is 49.4 Å². The summed E-state index contributed by atoms with van der Waals surface area (Å²) in [7, 11) is 3.00. The van der Waals surface area contributed by atoms with E-state index in [4.69, 9.17) is 9.47 Å². The highest BCUT2D eigenvalue weighted by molar-refractivity contribution is 6.32. The molecule has 0 saturated carbocycles. The molecule has 3 rings (SSSR count). The van der Waals surface area contributed by atoms with Gasteiger partial charge in [0.05, 0.1) is 19.9 Å². The Morgan fingerprint density at radius 2 is 1.82 bits per heavy atom. The molecule has 2 aromatic rings. The lowest BCUT2D eigenvalue weighted by Gasteiger charge is -2.29. The average molecular weight is 381 g/mol. The Morgan fingerprint density at radius 3 is 2.50 bits per heavy atom. The molecule has 0 spiro atoms. The van der Waals surface area contributed by atoms with E-state index in [1.807, 2.05) is 0 Å². The fraction of sp³-hybridized carbons (Fsp3) is 0.200. The number of nitrogens with zero attached hydrogens (tertiary/aromatic N) is 2. The van der Waals surface area contributed by atoms with Gasteiger partial charge in [-0.05, 0) is 30.7 Å². The Kier molecular flexibility index (Phi) is 5.39. The van der Waals surface area contributed by atoms with Crippen molar-refractivity contribution >= 4 is 35.4 Å². The smallest absolute Gasteiger partial charge is 0.335 e. The quantitative estimate of drug-likeness (QED) is 0.634. The molecule has 1 fully saturated rings. The van der Waals surface area contributed by atoms with Gasteiger partial charge in [-0.25, -0.2) is 9.69 Å². The molecule has 28 heavy (non-hydrogen) atoms. The van der Waals surface area contributed by atoms with Crippen LogP contribution in [-0.2, 0) is 9.59 Å². The second-order valence-electron chi connectivity index (χ2n) is 6.05. The van der Waals surface area contributed by atoms with Crippen molar-refractivity contribution in [2.45, 2.75) is 6.92 Å². The fourth-order valence-corrected chi connectivity index (χ4v) is 2.82. The molecule has 1 N–H and O–H groups in total. The van der Waals surface area contributed by atoms with Crippen molar-refractivity contribution in [3.63, 3.8) is 0 Å². The number of urea groups is 1. The van der Waals surface area contributed by atoms with Gasteiger partial charge in [0, 0.05) is 12.3 Å². The maximum Gasteiger partial charge on any atom is 0.335 e. The average Bonchev–Trinajstić information content (AvgIpc) is 2.68. The summed E-state index contributed by atoms with van der Waals surface area (Å²) in [5.41, 5.74) is 1.53. The topological polar surface area (TPSA) is 97.3 Å². The van der Waals surface area contributed by atoms with E-state index in [0.29, 0.717) is 22.9 Å². The van der Waals surface area contributed by atoms with E-state index < -0.39 is 23.8 Å². The lowest BCUT2D eigenvalue weighted by atomic mass is 10.0. The minimum Gasteiger partial charge on any atom is -0.497 e. The highest BCUT2D eigenvalue weighted by atomic mass is 16.5. The van der Waals surface area contributed by atoms with Crippen molar-refractivity contribution in [1.82, 2.24) is 5.32 Å². The molecular formula is C20H19N3O5. The zero-order chi connectivity index (χ0) is 20.3. The van der Waals surface area contributed by atoms with Gasteiger partial charge in [-0.15, -0.1) is 0 Å². The normalized spacial score (nSPS) is 17.0. The van der Waals surface area contributed by atoms with Crippen molar-refractivity contribution in [1.29, 1.82) is 0 Å². The summed E-state index contributed by atoms with van der Waals surface area (Å²) in [6.45, 7) is 1.77. The Labute approximate surface area is 161 Å². The first-order valence-corrected chi connectivity index (χ1v) is 8.47. The van der Waals surface area contributed by atoms with Crippen LogP contribution in [0.15, 0.2) is 47.5 Å². The third-order valence-electron chi connectivity index (χ3n) is 4.31. The molecule has 1 aliphatic rings. The van der Waals surface area contributed by atoms with Gasteiger partial charge >= 0.3 is 6.03 Å². The van der Waals surface area contributed by atoms with Gasteiger partial charge in [-0.1, -0.05) is 18.2 Å². The second-order valence-corrected chi connectivity index (χ2v) is 6.05. The molecule has 0 radical (unpaired) electrons. The van der Waals surface area contributed by atoms with Crippen LogP contribution in [0.1, 0.15) is 5.56 Å². The van der Waals surface area contributed by atoms with Crippen LogP contribution in [-0.4, -0.2) is 38.3 Å². The number of carbonyl (C=O) groups is 3. The highest BCUT2D eigenvalue weighted by Gasteiger charge is 2.40. The maximum atomic E-state index is 12.9. The van der Waals surface area contributed by atoms with Crippen LogP contribution in [0.5, 0.6) is 11.5 Å². The predicted molar refractivity (Wildman–Crippen MR) is 103 cm³/mol. The maximum absolute atomic E-state index is 12.9. The van der Waals surface area contributed by atoms with Crippen LogP contribution >= 0.6 is 0 Å². The first-order valence-electron chi connectivity index (χ1n) is 8.47. The van der Waals surface area contributed by atoms with E-state index >= 15 is 0 Å². The molecule has 0 aliphatic carbocycles. The van der Waals surface area contributed by atoms with Crippen molar-refractivity contribution < 1.29 is 23.9 Å². The van der Waals surface area contributed by atoms with Gasteiger partial charge in [0.2, 0.25) is 5.91 Å². The zero-order valence-electron chi connectivity index (χ0n) is 15.6. The lowest BCUT2D eigenvalue weighted by Crippen LogP contribution is -2.58. The molecule has 1 aliphatic heterocycles. The van der Waals surface area contributed by atoms with Crippen LogP contribution in [0.3, 0.4) is 0 Å². The zero-order valence-corrected chi connectivity index (χ0v) is 15.6. The Bertz CT molecular complexity index is 970. The number of methoxy groups -OCH3 is 2. The van der Waals surface area contributed by atoms with Crippen molar-refractivity contribution in [2.24, 2.45) is 10.9 Å². The number of hydrogen-bond acceptors (Lipinski definition) is 6. The number of para-hydroxylation sites is 1. The molecule has 1 saturated heterocycles. The van der Waals surface area contributed by atoms with E-state index in [1.165, 1.54) is 20.4 Å². The van der Waals surface area contributed by atoms with Gasteiger partial charge in [0.15, 0.2) is 5.92 Å². The highest BCUT2D eigenvalue weighted by Crippen LogP contribution is 2.32. The van der Waals surface area contributed by atoms with E-state index in [2.05, 4.69) is 10.3 Å². The minimum atomic E-state index is -1.26. The Hall–Kier alpha value is -3.68. The summed E-state index contributed by atoms with van der Waals surface area (Å²) in [5.74, 6) is -1.66. The minimum absolute atomic E-state index is 0.391. The van der Waals surface area contributed by atoms with E-state index in [-0.39, 0.29) is 0 Å². The number of aryl methyl sites for hydroxylation is 1. The van der Waals surface area contributed by atoms with Crippen molar-refractivity contribution in [3.05, 3.63) is 48.0 Å². The summed E-state index contributed by atoms with van der Waals surface area (Å²) in [6.07, 6.45) is 1.20. The standard InChI is InChI=1S/C20H19N3O5/c1-12-6-4-5-7-16(12)23-19(25)14(18(24)22-20(23)26)11-21-15-10-13(27-2)8-9-17(15)28-3/h4-11,14H,1-3H3,(H,22,24,26)/t14-/m0/s1. The summed E-state index contributed by atoms with van der Waals surface area (Å²) in [5, 5.41) is 2.20. The van der Waals surface area contributed by atoms with Crippen LogP contribution in [0, 0.1) is 12.8 Å². The molecule has 0 bridgehead atoms. The molecule has 144 valence electrons. The fourth-order valence-electron chi connectivity index (χ4n) is 2.82. The van der Waals surface area contributed by atoms with Crippen LogP contribution in [0.25, 0.3) is 0 Å². The number of ether oxygens (including phenoxy) is 2. The first-order chi connectivity index (χ1) is 13.5. The third-order valence-corrected chi connectivity index (χ3v) is 4.31. The SMILES string of the molecule is COc1ccc(OC)c(N=C[C@H]2C(=O)NC(=O)N(c3ccccc3C)C2=O)c1. The lowest BCUT2D eigenvalue weighted by molar-refractivity contribution is -0.131. The number of anilines is 1. The summed E-state index contributed by atoms with van der Waals surface area (Å²) >= 11 is 0. The van der Waals surface area contributed by atoms with Gasteiger partial charge in [0.1, 0.15) is 17.2 Å². The van der Waals surface area contributed by atoms with Gasteiger partial charge in [0.25, 0.3) is 5.91 Å². The molecular weight excluding hydrogens is 362 g/mol. The molecule has 2 aromatic carbocycles. The Balaban J connectivity index is 1.94. The van der Waals surface area contributed by atoms with E-state index in [0.717, 1.165) is 10.5 Å². The van der Waals surface area contributed by atoms with Crippen molar-refractivity contribution in [3.8, 4) is 11.5 Å². The van der Waals surface area contributed by atoms with Crippen LogP contribution in [0.2, 0.25) is 0 Å². The molecule has 8 nitrogen and oxygen atoms in total. The largest absolute Gasteiger partial charge is 0.497 e. The predicted octanol–water partition coefficient (Wildman–Crippen LogP) is 2.61. The summed E-state index contributed by atoms with van der Waals surface area (Å²) < 4.78 is 10.4. The number of rotatable bonds is 5. The summed E-state index contributed by atoms with van der Waals surface area (Å²) in [4.78, 5) is 42.6. The number of nitrogens with one attached hydrogen (secondary N) is 1. The monoisotopic (exact) mass is 381 g/mol. The summed E-state index contributed by atoms with van der Waals surface area (Å²) in [6, 6.07) is 11.1. The molecule has 0 aromatic heterocycles. The number of aliphatic imine (C=N–C) groups is 1. The number of benzene rings is 2. The Morgan fingerprint density at radius 1 is 1.07 bits per heavy atom. The molecule has 4 amide bonds. The van der Waals surface area contributed by atoms with Crippen molar-refractivity contribution in [2.75, 3.05) is 19.1 Å². The molecule has 1 heterocycles. The second kappa shape index (κ2) is 7.91. The number of carbonyl (C=O) groups excluding carboxylic acids is 3. The van der Waals surface area contributed by atoms with E-state index in [9.17, 15) is 14.4 Å². The molecule has 1 atom stereocenters. The van der Waals surface area contributed by atoms with Crippen LogP contribution in [0.4, 0.5) is 16.2 Å². The first kappa shape index (κ1) is 19.1. The van der Waals surface area contributed by atoms with Gasteiger partial charge < -0.3 is 9.47 Å². The number of imide groups is 2. The number of barbiturate groups is 1. The van der Waals surface area contributed by atoms with Crippen LogP contribution < -0.4 is 19.7 Å². The van der Waals surface area contributed by atoms with Gasteiger partial charge in [-0.2, -0.15) is 0 Å². The molecule has 8 heteroatoms. The van der Waals surface area contributed by atoms with Gasteiger partial charge in [-0.3, -0.25) is 19.9 Å². The number of hydrogen-bond donors (Lipinski definition) is 1.